The van der Waals surface area contributed by atoms with Crippen LogP contribution >= 0.6 is 0 Å². The molecule has 6 aromatic rings. The molecule has 220 valence electrons. The number of aromatic nitrogens is 4. The first-order chi connectivity index (χ1) is 21.4. The lowest BCUT2D eigenvalue weighted by molar-refractivity contribution is -0.384. The zero-order chi connectivity index (χ0) is 30.8. The summed E-state index contributed by atoms with van der Waals surface area (Å²) >= 11 is 0. The summed E-state index contributed by atoms with van der Waals surface area (Å²) in [6.45, 7) is 3.68. The molecule has 15 nitrogen and oxygen atoms in total. The standard InChI is InChI=1S/C29H25N11O4/c1-17-26(36-33-20-7-13-23(43-3)14-8-20)38-28(30-17)25(35-32-19-5-11-22(12-6-19)40(41)42)29-31-18(2)27(39(29)38)37-34-21-9-15-24(44-4)16-10-21/h5-16,30H,1-4H3. The Morgan fingerprint density at radius 3 is 1.73 bits per heavy atom. The van der Waals surface area contributed by atoms with Crippen LogP contribution < -0.4 is 9.47 Å². The summed E-state index contributed by atoms with van der Waals surface area (Å²) < 4.78 is 14.0. The third kappa shape index (κ3) is 5.24. The predicted molar refractivity (Wildman–Crippen MR) is 162 cm³/mol. The minimum atomic E-state index is -0.471. The van der Waals surface area contributed by atoms with Crippen LogP contribution in [0, 0.1) is 24.0 Å². The number of imidazole rings is 2. The first-order valence-corrected chi connectivity index (χ1v) is 13.3. The lowest BCUT2D eigenvalue weighted by Crippen LogP contribution is -1.92. The van der Waals surface area contributed by atoms with E-state index in [1.807, 2.05) is 13.8 Å². The summed E-state index contributed by atoms with van der Waals surface area (Å²) in [6, 6.07) is 20.2. The number of H-pyrrole nitrogens is 1. The van der Waals surface area contributed by atoms with Gasteiger partial charge in [0.2, 0.25) is 0 Å². The van der Waals surface area contributed by atoms with E-state index in [-0.39, 0.29) is 5.69 Å². The first kappa shape index (κ1) is 27.9. The topological polar surface area (TPSA) is 173 Å². The molecule has 15 heteroatoms. The molecule has 0 saturated carbocycles. The van der Waals surface area contributed by atoms with E-state index in [2.05, 4.69) is 35.7 Å². The van der Waals surface area contributed by atoms with Gasteiger partial charge in [-0.05, 0) is 74.5 Å². The fourth-order valence-electron chi connectivity index (χ4n) is 4.44. The molecule has 0 radical (unpaired) electrons. The third-order valence-corrected chi connectivity index (χ3v) is 6.68. The maximum atomic E-state index is 11.1. The maximum Gasteiger partial charge on any atom is 0.269 e. The molecule has 0 aliphatic rings. The smallest absolute Gasteiger partial charge is 0.269 e. The largest absolute Gasteiger partial charge is 0.497 e. The van der Waals surface area contributed by atoms with Gasteiger partial charge in [0, 0.05) is 12.1 Å². The Morgan fingerprint density at radius 2 is 1.20 bits per heavy atom. The quantitative estimate of drug-likeness (QED) is 0.100. The number of nitro groups is 1. The molecule has 0 amide bonds. The Labute approximate surface area is 249 Å². The minimum Gasteiger partial charge on any atom is -0.497 e. The normalized spacial score (nSPS) is 12.0. The molecule has 0 aliphatic carbocycles. The van der Waals surface area contributed by atoms with Gasteiger partial charge in [0.1, 0.15) is 11.5 Å². The number of rotatable bonds is 9. The molecule has 3 aromatic carbocycles. The van der Waals surface area contributed by atoms with Gasteiger partial charge in [-0.25, -0.2) is 14.0 Å². The lowest BCUT2D eigenvalue weighted by Gasteiger charge is -2.00. The zero-order valence-electron chi connectivity index (χ0n) is 24.0. The predicted octanol–water partition coefficient (Wildman–Crippen LogP) is 8.70. The summed E-state index contributed by atoms with van der Waals surface area (Å²) in [5, 5.41) is 37.8. The minimum absolute atomic E-state index is 0.0415. The van der Waals surface area contributed by atoms with Crippen LogP contribution in [0.15, 0.2) is 103 Å². The van der Waals surface area contributed by atoms with E-state index < -0.39 is 4.92 Å². The van der Waals surface area contributed by atoms with E-state index in [9.17, 15) is 10.1 Å². The van der Waals surface area contributed by atoms with Crippen LogP contribution in [0.3, 0.4) is 0 Å². The molecule has 44 heavy (non-hydrogen) atoms. The fraction of sp³-hybridized carbons (Fsp3) is 0.138. The van der Waals surface area contributed by atoms with Crippen LogP contribution in [0.4, 0.5) is 40.1 Å². The Kier molecular flexibility index (Phi) is 7.33. The highest BCUT2D eigenvalue weighted by Crippen LogP contribution is 2.38. The number of non-ortho nitro benzene ring substituents is 1. The summed E-state index contributed by atoms with van der Waals surface area (Å²) in [4.78, 5) is 18.6. The van der Waals surface area contributed by atoms with E-state index >= 15 is 0 Å². The highest BCUT2D eigenvalue weighted by Gasteiger charge is 2.24. The summed E-state index contributed by atoms with van der Waals surface area (Å²) in [5.74, 6) is 2.34. The highest BCUT2D eigenvalue weighted by atomic mass is 16.6. The second-order valence-electron chi connectivity index (χ2n) is 9.51. The van der Waals surface area contributed by atoms with Gasteiger partial charge in [0.25, 0.3) is 5.69 Å². The van der Waals surface area contributed by atoms with Crippen molar-refractivity contribution in [3.8, 4) is 11.5 Å². The number of nitro benzene ring substituents is 1. The van der Waals surface area contributed by atoms with Crippen molar-refractivity contribution in [3.05, 3.63) is 94.3 Å². The average Bonchev–Trinajstić information content (AvgIpc) is 3.63. The van der Waals surface area contributed by atoms with Crippen molar-refractivity contribution in [2.24, 2.45) is 30.7 Å². The number of nitrogens with one attached hydrogen (secondary N) is 1. The number of aromatic amines is 1. The van der Waals surface area contributed by atoms with Gasteiger partial charge < -0.3 is 14.5 Å². The van der Waals surface area contributed by atoms with E-state index in [0.717, 1.165) is 0 Å². The fourth-order valence-corrected chi connectivity index (χ4v) is 4.44. The third-order valence-electron chi connectivity index (χ3n) is 6.68. The van der Waals surface area contributed by atoms with Crippen molar-refractivity contribution < 1.29 is 14.4 Å². The van der Waals surface area contributed by atoms with Crippen LogP contribution in [0.1, 0.15) is 11.4 Å². The molecule has 3 heterocycles. The Bertz CT molecular complexity index is 1950. The Morgan fingerprint density at radius 1 is 0.705 bits per heavy atom. The van der Waals surface area contributed by atoms with Crippen molar-refractivity contribution >= 4 is 51.4 Å². The van der Waals surface area contributed by atoms with Crippen LogP contribution in [-0.2, 0) is 0 Å². The molecule has 0 atom stereocenters. The van der Waals surface area contributed by atoms with Crippen molar-refractivity contribution in [2.75, 3.05) is 14.2 Å². The molecule has 0 saturated heterocycles. The van der Waals surface area contributed by atoms with E-state index in [0.29, 0.717) is 68.6 Å². The molecule has 0 fully saturated rings. The molecule has 0 bridgehead atoms. The number of nitrogens with zero attached hydrogens (tertiary/aromatic N) is 10. The molecular weight excluding hydrogens is 566 g/mol. The van der Waals surface area contributed by atoms with Crippen LogP contribution in [0.5, 0.6) is 11.5 Å². The van der Waals surface area contributed by atoms with Gasteiger partial charge in [0.15, 0.2) is 28.6 Å². The molecule has 0 unspecified atom stereocenters. The Hall–Kier alpha value is -6.25. The maximum absolute atomic E-state index is 11.1. The van der Waals surface area contributed by atoms with Gasteiger partial charge in [-0.15, -0.1) is 25.6 Å². The highest BCUT2D eigenvalue weighted by molar-refractivity contribution is 5.84. The van der Waals surface area contributed by atoms with E-state index in [1.54, 1.807) is 71.8 Å². The van der Waals surface area contributed by atoms with Gasteiger partial charge in [0.05, 0.1) is 47.6 Å². The molecular formula is C29H25N11O4. The number of aryl methyl sites for hydroxylation is 2. The van der Waals surface area contributed by atoms with Crippen LogP contribution in [-0.4, -0.2) is 38.1 Å². The van der Waals surface area contributed by atoms with Crippen molar-refractivity contribution in [1.82, 2.24) is 19.0 Å². The number of benzene rings is 3. The van der Waals surface area contributed by atoms with Gasteiger partial charge in [-0.2, -0.15) is 5.11 Å². The number of azo groups is 3. The second-order valence-corrected chi connectivity index (χ2v) is 9.51. The van der Waals surface area contributed by atoms with Crippen molar-refractivity contribution in [3.63, 3.8) is 0 Å². The molecule has 1 N–H and O–H groups in total. The zero-order valence-corrected chi connectivity index (χ0v) is 24.0. The molecule has 3 aromatic heterocycles. The number of ether oxygens (including phenoxy) is 2. The number of hydrogen-bond acceptors (Lipinski definition) is 11. The summed E-state index contributed by atoms with van der Waals surface area (Å²) in [7, 11) is 3.20. The average molecular weight is 592 g/mol. The van der Waals surface area contributed by atoms with E-state index in [4.69, 9.17) is 14.5 Å². The van der Waals surface area contributed by atoms with Crippen LogP contribution in [0.2, 0.25) is 0 Å². The van der Waals surface area contributed by atoms with Gasteiger partial charge in [-0.3, -0.25) is 10.1 Å². The monoisotopic (exact) mass is 591 g/mol. The Balaban J connectivity index is 1.50. The number of methoxy groups -OCH3 is 2. The van der Waals surface area contributed by atoms with E-state index in [1.165, 1.54) is 24.3 Å². The SMILES string of the molecule is COc1ccc(N=Nc2c(C)nc3c(N=Nc4ccc([N+](=O)[O-])cc4)c4[nH]c(C)c(N=Nc5ccc(OC)cc5)n4n23)cc1. The first-order valence-electron chi connectivity index (χ1n) is 13.3. The van der Waals surface area contributed by atoms with Crippen molar-refractivity contribution in [2.45, 2.75) is 13.8 Å². The summed E-state index contributed by atoms with van der Waals surface area (Å²) in [6.07, 6.45) is 0. The number of hydrogen-bond donors (Lipinski definition) is 1. The molecule has 6 rings (SSSR count). The molecule has 0 spiro atoms. The molecule has 0 aliphatic heterocycles. The summed E-state index contributed by atoms with van der Waals surface area (Å²) in [5.41, 5.74) is 4.33. The van der Waals surface area contributed by atoms with Gasteiger partial charge in [-0.1, -0.05) is 0 Å². The van der Waals surface area contributed by atoms with Crippen LogP contribution in [0.25, 0.3) is 11.3 Å². The number of fused-ring (bicyclic) bond motifs is 3. The van der Waals surface area contributed by atoms with Gasteiger partial charge >= 0.3 is 0 Å². The lowest BCUT2D eigenvalue weighted by atomic mass is 10.3. The van der Waals surface area contributed by atoms with Crippen molar-refractivity contribution in [1.29, 1.82) is 0 Å². The second kappa shape index (κ2) is 11.6.